The SMILES string of the molecule is CC[C@H](C)c1ccc(NC(=O)/C(C#N)=C/c2ccsc2)cc1. The Balaban J connectivity index is 2.09. The smallest absolute Gasteiger partial charge is 0.266 e. The van der Waals surface area contributed by atoms with E-state index in [1.165, 1.54) is 16.9 Å². The van der Waals surface area contributed by atoms with Crippen molar-refractivity contribution < 1.29 is 4.79 Å². The summed E-state index contributed by atoms with van der Waals surface area (Å²) < 4.78 is 0. The maximum absolute atomic E-state index is 12.1. The second-order valence-electron chi connectivity index (χ2n) is 5.11. The molecule has 0 aliphatic rings. The number of carbonyl (C=O) groups excluding carboxylic acids is 1. The maximum Gasteiger partial charge on any atom is 0.266 e. The standard InChI is InChI=1S/C18H18N2OS/c1-3-13(2)15-4-6-17(7-5-15)20-18(21)16(11-19)10-14-8-9-22-12-14/h4-10,12-13H,3H2,1-2H3,(H,20,21)/b16-10+/t13-/m0/s1. The van der Waals surface area contributed by atoms with Gasteiger partial charge in [-0.1, -0.05) is 26.0 Å². The zero-order chi connectivity index (χ0) is 15.9. The Morgan fingerprint density at radius 3 is 2.64 bits per heavy atom. The monoisotopic (exact) mass is 310 g/mol. The highest BCUT2D eigenvalue weighted by molar-refractivity contribution is 7.08. The Labute approximate surface area is 134 Å². The van der Waals surface area contributed by atoms with Crippen molar-refractivity contribution in [2.45, 2.75) is 26.2 Å². The second-order valence-corrected chi connectivity index (χ2v) is 5.89. The van der Waals surface area contributed by atoms with Crippen LogP contribution in [0.3, 0.4) is 0 Å². The lowest BCUT2D eigenvalue weighted by Crippen LogP contribution is -2.13. The van der Waals surface area contributed by atoms with E-state index in [1.807, 2.05) is 47.2 Å². The molecular formula is C18H18N2OS. The predicted molar refractivity (Wildman–Crippen MR) is 91.7 cm³/mol. The highest BCUT2D eigenvalue weighted by Crippen LogP contribution is 2.21. The van der Waals surface area contributed by atoms with Gasteiger partial charge in [0.05, 0.1) is 0 Å². The van der Waals surface area contributed by atoms with Gasteiger partial charge in [0, 0.05) is 5.69 Å². The summed E-state index contributed by atoms with van der Waals surface area (Å²) in [7, 11) is 0. The molecule has 0 aliphatic carbocycles. The van der Waals surface area contributed by atoms with Crippen LogP contribution < -0.4 is 5.32 Å². The zero-order valence-electron chi connectivity index (χ0n) is 12.7. The van der Waals surface area contributed by atoms with Crippen LogP contribution in [-0.4, -0.2) is 5.91 Å². The first-order valence-electron chi connectivity index (χ1n) is 7.19. The minimum atomic E-state index is -0.384. The summed E-state index contributed by atoms with van der Waals surface area (Å²) >= 11 is 1.53. The lowest BCUT2D eigenvalue weighted by molar-refractivity contribution is -0.112. The molecule has 1 N–H and O–H groups in total. The average Bonchev–Trinajstić information content (AvgIpc) is 3.05. The van der Waals surface area contributed by atoms with Gasteiger partial charge in [-0.3, -0.25) is 4.79 Å². The van der Waals surface area contributed by atoms with Crippen LogP contribution in [0.15, 0.2) is 46.7 Å². The third-order valence-electron chi connectivity index (χ3n) is 3.57. The molecule has 0 fully saturated rings. The molecule has 112 valence electrons. The number of carbonyl (C=O) groups is 1. The summed E-state index contributed by atoms with van der Waals surface area (Å²) in [4.78, 5) is 12.1. The molecule has 4 heteroatoms. The fraction of sp³-hybridized carbons (Fsp3) is 0.222. The molecule has 1 amide bonds. The number of rotatable bonds is 5. The number of amides is 1. The van der Waals surface area contributed by atoms with E-state index in [1.54, 1.807) is 6.08 Å². The quantitative estimate of drug-likeness (QED) is 0.636. The van der Waals surface area contributed by atoms with E-state index in [-0.39, 0.29) is 11.5 Å². The van der Waals surface area contributed by atoms with E-state index in [0.29, 0.717) is 11.6 Å². The number of nitrogens with zero attached hydrogens (tertiary/aromatic N) is 1. The van der Waals surface area contributed by atoms with Gasteiger partial charge in [0.2, 0.25) is 0 Å². The van der Waals surface area contributed by atoms with Gasteiger partial charge < -0.3 is 5.32 Å². The van der Waals surface area contributed by atoms with Crippen LogP contribution in [0.4, 0.5) is 5.69 Å². The molecule has 0 aliphatic heterocycles. The minimum absolute atomic E-state index is 0.101. The molecule has 1 atom stereocenters. The molecule has 1 aromatic heterocycles. The van der Waals surface area contributed by atoms with E-state index in [9.17, 15) is 4.79 Å². The fourth-order valence-corrected chi connectivity index (χ4v) is 2.62. The molecule has 0 saturated carbocycles. The molecule has 0 unspecified atom stereocenters. The second kappa shape index (κ2) is 7.58. The number of anilines is 1. The van der Waals surface area contributed by atoms with Crippen LogP contribution in [0.5, 0.6) is 0 Å². The van der Waals surface area contributed by atoms with Crippen LogP contribution in [0, 0.1) is 11.3 Å². The van der Waals surface area contributed by atoms with Gasteiger partial charge in [0.1, 0.15) is 11.6 Å². The highest BCUT2D eigenvalue weighted by Gasteiger charge is 2.10. The minimum Gasteiger partial charge on any atom is -0.321 e. The Bertz CT molecular complexity index is 694. The number of nitrogens with one attached hydrogen (secondary N) is 1. The molecule has 1 aromatic carbocycles. The lowest BCUT2D eigenvalue weighted by atomic mass is 9.98. The summed E-state index contributed by atoms with van der Waals surface area (Å²) in [6.07, 6.45) is 2.67. The molecular weight excluding hydrogens is 292 g/mol. The number of thiophene rings is 1. The van der Waals surface area contributed by atoms with Gasteiger partial charge in [0.25, 0.3) is 5.91 Å². The summed E-state index contributed by atoms with van der Waals surface area (Å²) in [5.41, 5.74) is 2.91. The van der Waals surface area contributed by atoms with Crippen LogP contribution in [0.2, 0.25) is 0 Å². The van der Waals surface area contributed by atoms with Gasteiger partial charge in [-0.05, 0) is 58.5 Å². The van der Waals surface area contributed by atoms with Crippen molar-refractivity contribution in [2.24, 2.45) is 0 Å². The molecule has 3 nitrogen and oxygen atoms in total. The van der Waals surface area contributed by atoms with Gasteiger partial charge in [-0.2, -0.15) is 16.6 Å². The van der Waals surface area contributed by atoms with Crippen LogP contribution in [0.1, 0.15) is 37.3 Å². The molecule has 0 bridgehead atoms. The van der Waals surface area contributed by atoms with Gasteiger partial charge in [-0.25, -0.2) is 0 Å². The van der Waals surface area contributed by atoms with Crippen LogP contribution >= 0.6 is 11.3 Å². The summed E-state index contributed by atoms with van der Waals surface area (Å²) in [6, 6.07) is 11.6. The van der Waals surface area contributed by atoms with E-state index in [0.717, 1.165) is 12.0 Å². The van der Waals surface area contributed by atoms with Gasteiger partial charge in [-0.15, -0.1) is 0 Å². The zero-order valence-corrected chi connectivity index (χ0v) is 13.5. The summed E-state index contributed by atoms with van der Waals surface area (Å²) in [5, 5.41) is 15.7. The van der Waals surface area contributed by atoms with Crippen LogP contribution in [0.25, 0.3) is 6.08 Å². The van der Waals surface area contributed by atoms with E-state index in [2.05, 4.69) is 19.2 Å². The maximum atomic E-state index is 12.1. The number of hydrogen-bond donors (Lipinski definition) is 1. The Morgan fingerprint density at radius 1 is 1.36 bits per heavy atom. The lowest BCUT2D eigenvalue weighted by Gasteiger charge is -2.10. The van der Waals surface area contributed by atoms with Gasteiger partial charge >= 0.3 is 0 Å². The van der Waals surface area contributed by atoms with Crippen molar-refractivity contribution in [1.29, 1.82) is 5.26 Å². The first-order valence-corrected chi connectivity index (χ1v) is 8.13. The van der Waals surface area contributed by atoms with Crippen molar-refractivity contribution >= 4 is 29.0 Å². The fourth-order valence-electron chi connectivity index (χ4n) is 2.00. The number of hydrogen-bond acceptors (Lipinski definition) is 3. The highest BCUT2D eigenvalue weighted by atomic mass is 32.1. The molecule has 2 aromatic rings. The van der Waals surface area contributed by atoms with Crippen molar-refractivity contribution in [3.63, 3.8) is 0 Å². The first-order chi connectivity index (χ1) is 10.6. The summed E-state index contributed by atoms with van der Waals surface area (Å²) in [6.45, 7) is 4.32. The third kappa shape index (κ3) is 4.06. The molecule has 2 rings (SSSR count). The molecule has 0 spiro atoms. The molecule has 22 heavy (non-hydrogen) atoms. The normalized spacial score (nSPS) is 12.5. The molecule has 0 saturated heterocycles. The average molecular weight is 310 g/mol. The predicted octanol–water partition coefficient (Wildman–Crippen LogP) is 4.81. The first kappa shape index (κ1) is 16.0. The number of benzene rings is 1. The van der Waals surface area contributed by atoms with Crippen LogP contribution in [-0.2, 0) is 4.79 Å². The Kier molecular flexibility index (Phi) is 5.51. The van der Waals surface area contributed by atoms with E-state index < -0.39 is 0 Å². The topological polar surface area (TPSA) is 52.9 Å². The largest absolute Gasteiger partial charge is 0.321 e. The Hall–Kier alpha value is -2.38. The van der Waals surface area contributed by atoms with Gasteiger partial charge in [0.15, 0.2) is 0 Å². The summed E-state index contributed by atoms with van der Waals surface area (Å²) in [5.74, 6) is 0.114. The van der Waals surface area contributed by atoms with E-state index in [4.69, 9.17) is 5.26 Å². The van der Waals surface area contributed by atoms with Crippen molar-refractivity contribution in [1.82, 2.24) is 0 Å². The third-order valence-corrected chi connectivity index (χ3v) is 4.27. The van der Waals surface area contributed by atoms with E-state index >= 15 is 0 Å². The van der Waals surface area contributed by atoms with Crippen molar-refractivity contribution in [2.75, 3.05) is 5.32 Å². The molecule has 0 radical (unpaired) electrons. The van der Waals surface area contributed by atoms with Crippen molar-refractivity contribution in [3.8, 4) is 6.07 Å². The Morgan fingerprint density at radius 2 is 2.09 bits per heavy atom. The van der Waals surface area contributed by atoms with Crippen molar-refractivity contribution in [3.05, 3.63) is 57.8 Å². The molecule has 1 heterocycles. The number of nitriles is 1.